The number of carboxylic acid groups (broad SMARTS) is 1. The number of carbonyl (C=O) groups is 2. The van der Waals surface area contributed by atoms with E-state index >= 15 is 0 Å². The summed E-state index contributed by atoms with van der Waals surface area (Å²) >= 11 is 0. The SMILES string of the molecule is CC(=O)c1ccc(/C=C(/C(=O)O)C2CCCCC2)cc1. The van der Waals surface area contributed by atoms with E-state index in [9.17, 15) is 14.7 Å². The molecule has 1 aromatic rings. The zero-order valence-corrected chi connectivity index (χ0v) is 11.8. The van der Waals surface area contributed by atoms with Gasteiger partial charge in [0, 0.05) is 11.1 Å². The van der Waals surface area contributed by atoms with Gasteiger partial charge in [-0.3, -0.25) is 4.79 Å². The Morgan fingerprint density at radius 3 is 2.20 bits per heavy atom. The number of benzene rings is 1. The second-order valence-corrected chi connectivity index (χ2v) is 5.42. The largest absolute Gasteiger partial charge is 0.478 e. The van der Waals surface area contributed by atoms with E-state index in [-0.39, 0.29) is 11.7 Å². The predicted molar refractivity (Wildman–Crippen MR) is 78.6 cm³/mol. The van der Waals surface area contributed by atoms with Gasteiger partial charge < -0.3 is 5.11 Å². The van der Waals surface area contributed by atoms with Crippen LogP contribution in [0.15, 0.2) is 29.8 Å². The Balaban J connectivity index is 2.23. The average Bonchev–Trinajstić information content (AvgIpc) is 2.46. The molecule has 0 aromatic heterocycles. The summed E-state index contributed by atoms with van der Waals surface area (Å²) < 4.78 is 0. The zero-order chi connectivity index (χ0) is 14.5. The number of carbonyl (C=O) groups excluding carboxylic acids is 1. The third kappa shape index (κ3) is 3.56. The highest BCUT2D eigenvalue weighted by Gasteiger charge is 2.22. The number of rotatable bonds is 4. The molecule has 3 heteroatoms. The first kappa shape index (κ1) is 14.5. The summed E-state index contributed by atoms with van der Waals surface area (Å²) in [6.45, 7) is 1.52. The lowest BCUT2D eigenvalue weighted by molar-refractivity contribution is -0.133. The second-order valence-electron chi connectivity index (χ2n) is 5.42. The van der Waals surface area contributed by atoms with Crippen LogP contribution in [0, 0.1) is 5.92 Å². The molecule has 1 aromatic carbocycles. The Hall–Kier alpha value is -1.90. The van der Waals surface area contributed by atoms with Crippen molar-refractivity contribution in [2.45, 2.75) is 39.0 Å². The van der Waals surface area contributed by atoms with Crippen LogP contribution < -0.4 is 0 Å². The summed E-state index contributed by atoms with van der Waals surface area (Å²) in [4.78, 5) is 22.7. The monoisotopic (exact) mass is 272 g/mol. The van der Waals surface area contributed by atoms with Crippen molar-refractivity contribution in [1.82, 2.24) is 0 Å². The van der Waals surface area contributed by atoms with Gasteiger partial charge in [0.15, 0.2) is 5.78 Å². The van der Waals surface area contributed by atoms with Crippen molar-refractivity contribution >= 4 is 17.8 Å². The molecule has 1 saturated carbocycles. The molecule has 0 aliphatic heterocycles. The number of ketones is 1. The van der Waals surface area contributed by atoms with Gasteiger partial charge in [0.2, 0.25) is 0 Å². The Kier molecular flexibility index (Phi) is 4.72. The summed E-state index contributed by atoms with van der Waals surface area (Å²) in [7, 11) is 0. The van der Waals surface area contributed by atoms with Crippen LogP contribution in [0.3, 0.4) is 0 Å². The van der Waals surface area contributed by atoms with E-state index in [1.54, 1.807) is 18.2 Å². The Labute approximate surface area is 119 Å². The molecule has 0 bridgehead atoms. The van der Waals surface area contributed by atoms with Gasteiger partial charge in [0.25, 0.3) is 0 Å². The van der Waals surface area contributed by atoms with Gasteiger partial charge in [-0.2, -0.15) is 0 Å². The Morgan fingerprint density at radius 1 is 1.10 bits per heavy atom. The molecule has 0 heterocycles. The quantitative estimate of drug-likeness (QED) is 0.667. The average molecular weight is 272 g/mol. The summed E-state index contributed by atoms with van der Waals surface area (Å²) in [6, 6.07) is 7.11. The van der Waals surface area contributed by atoms with E-state index < -0.39 is 5.97 Å². The molecule has 1 aliphatic carbocycles. The van der Waals surface area contributed by atoms with Gasteiger partial charge >= 0.3 is 5.97 Å². The van der Waals surface area contributed by atoms with Crippen LogP contribution in [0.25, 0.3) is 6.08 Å². The Bertz CT molecular complexity index is 520. The highest BCUT2D eigenvalue weighted by atomic mass is 16.4. The molecular weight excluding hydrogens is 252 g/mol. The lowest BCUT2D eigenvalue weighted by Crippen LogP contribution is -2.15. The van der Waals surface area contributed by atoms with Crippen LogP contribution in [0.5, 0.6) is 0 Å². The molecule has 0 unspecified atom stereocenters. The van der Waals surface area contributed by atoms with Crippen molar-refractivity contribution in [3.05, 3.63) is 41.0 Å². The molecule has 2 rings (SSSR count). The fourth-order valence-corrected chi connectivity index (χ4v) is 2.76. The maximum Gasteiger partial charge on any atom is 0.331 e. The minimum atomic E-state index is -0.826. The molecule has 20 heavy (non-hydrogen) atoms. The van der Waals surface area contributed by atoms with Gasteiger partial charge in [-0.15, -0.1) is 0 Å². The lowest BCUT2D eigenvalue weighted by atomic mass is 9.83. The summed E-state index contributed by atoms with van der Waals surface area (Å²) in [5.41, 5.74) is 2.00. The van der Waals surface area contributed by atoms with E-state index in [0.717, 1.165) is 31.2 Å². The van der Waals surface area contributed by atoms with Crippen LogP contribution in [-0.2, 0) is 4.79 Å². The maximum atomic E-state index is 11.5. The van der Waals surface area contributed by atoms with Crippen molar-refractivity contribution in [2.75, 3.05) is 0 Å². The zero-order valence-electron chi connectivity index (χ0n) is 11.8. The first-order chi connectivity index (χ1) is 9.58. The summed E-state index contributed by atoms with van der Waals surface area (Å²) in [5.74, 6) is -0.646. The first-order valence-corrected chi connectivity index (χ1v) is 7.14. The van der Waals surface area contributed by atoms with E-state index in [1.165, 1.54) is 13.3 Å². The third-order valence-corrected chi connectivity index (χ3v) is 3.93. The molecule has 0 atom stereocenters. The molecule has 106 valence electrons. The van der Waals surface area contributed by atoms with E-state index in [1.807, 2.05) is 12.1 Å². The van der Waals surface area contributed by atoms with Crippen molar-refractivity contribution in [1.29, 1.82) is 0 Å². The maximum absolute atomic E-state index is 11.5. The number of Topliss-reactive ketones (excluding diaryl/α,β-unsaturated/α-hetero) is 1. The Morgan fingerprint density at radius 2 is 1.70 bits per heavy atom. The van der Waals surface area contributed by atoms with Gasteiger partial charge in [-0.25, -0.2) is 4.79 Å². The molecular formula is C17H20O3. The van der Waals surface area contributed by atoms with Crippen LogP contribution in [-0.4, -0.2) is 16.9 Å². The fourth-order valence-electron chi connectivity index (χ4n) is 2.76. The van der Waals surface area contributed by atoms with Crippen LogP contribution in [0.2, 0.25) is 0 Å². The van der Waals surface area contributed by atoms with Crippen LogP contribution in [0.4, 0.5) is 0 Å². The first-order valence-electron chi connectivity index (χ1n) is 7.14. The minimum absolute atomic E-state index is 0.0197. The second kappa shape index (κ2) is 6.51. The van der Waals surface area contributed by atoms with E-state index in [0.29, 0.717) is 11.1 Å². The van der Waals surface area contributed by atoms with Crippen molar-refractivity contribution < 1.29 is 14.7 Å². The normalized spacial score (nSPS) is 16.9. The van der Waals surface area contributed by atoms with E-state index in [4.69, 9.17) is 0 Å². The minimum Gasteiger partial charge on any atom is -0.478 e. The highest BCUT2D eigenvalue weighted by Crippen LogP contribution is 2.31. The van der Waals surface area contributed by atoms with Crippen LogP contribution >= 0.6 is 0 Å². The topological polar surface area (TPSA) is 54.4 Å². The molecule has 0 spiro atoms. The smallest absolute Gasteiger partial charge is 0.331 e. The van der Waals surface area contributed by atoms with Gasteiger partial charge in [-0.1, -0.05) is 43.5 Å². The van der Waals surface area contributed by atoms with Crippen molar-refractivity contribution in [3.63, 3.8) is 0 Å². The van der Waals surface area contributed by atoms with E-state index in [2.05, 4.69) is 0 Å². The third-order valence-electron chi connectivity index (χ3n) is 3.93. The number of carboxylic acids is 1. The summed E-state index contributed by atoms with van der Waals surface area (Å²) in [5, 5.41) is 9.41. The number of hydrogen-bond donors (Lipinski definition) is 1. The standard InChI is InChI=1S/C17H20O3/c1-12(18)14-9-7-13(8-10-14)11-16(17(19)20)15-5-3-2-4-6-15/h7-11,15H,2-6H2,1H3,(H,19,20)/b16-11+. The van der Waals surface area contributed by atoms with Gasteiger partial charge in [-0.05, 0) is 37.3 Å². The predicted octanol–water partition coefficient (Wildman–Crippen LogP) is 3.94. The highest BCUT2D eigenvalue weighted by molar-refractivity contribution is 5.95. The molecule has 0 saturated heterocycles. The molecule has 1 N–H and O–H groups in total. The van der Waals surface area contributed by atoms with Crippen LogP contribution in [0.1, 0.15) is 54.9 Å². The number of hydrogen-bond acceptors (Lipinski definition) is 2. The van der Waals surface area contributed by atoms with Gasteiger partial charge in [0.1, 0.15) is 0 Å². The lowest BCUT2D eigenvalue weighted by Gasteiger charge is -2.22. The molecule has 1 aliphatic rings. The molecule has 3 nitrogen and oxygen atoms in total. The molecule has 0 radical (unpaired) electrons. The molecule has 0 amide bonds. The van der Waals surface area contributed by atoms with Crippen molar-refractivity contribution in [3.8, 4) is 0 Å². The number of aliphatic carboxylic acids is 1. The molecule has 1 fully saturated rings. The van der Waals surface area contributed by atoms with Gasteiger partial charge in [0.05, 0.1) is 0 Å². The van der Waals surface area contributed by atoms with Crippen molar-refractivity contribution in [2.24, 2.45) is 5.92 Å². The summed E-state index contributed by atoms with van der Waals surface area (Å²) in [6.07, 6.45) is 7.10. The fraction of sp³-hybridized carbons (Fsp3) is 0.412.